The summed E-state index contributed by atoms with van der Waals surface area (Å²) in [5.74, 6) is -0.571. The highest BCUT2D eigenvalue weighted by Gasteiger charge is 2.38. The minimum Gasteiger partial charge on any atom is -0.457 e. The van der Waals surface area contributed by atoms with Gasteiger partial charge in [-0.15, -0.1) is 0 Å². The van der Waals surface area contributed by atoms with Crippen molar-refractivity contribution in [2.24, 2.45) is 0 Å². The molecule has 136 valence electrons. The second-order valence-corrected chi connectivity index (χ2v) is 6.95. The summed E-state index contributed by atoms with van der Waals surface area (Å²) < 4.78 is 10.8. The fourth-order valence-corrected chi connectivity index (χ4v) is 2.57. The molecule has 1 fully saturated rings. The second kappa shape index (κ2) is 7.08. The number of amides is 1. The molecule has 0 spiro atoms. The average molecular weight is 350 g/mol. The van der Waals surface area contributed by atoms with Crippen molar-refractivity contribution in [1.29, 1.82) is 0 Å². The summed E-state index contributed by atoms with van der Waals surface area (Å²) >= 11 is 0. The zero-order chi connectivity index (χ0) is 18.8. The van der Waals surface area contributed by atoms with Crippen molar-refractivity contribution in [3.05, 3.63) is 39.9 Å². The maximum absolute atomic E-state index is 12.2. The van der Waals surface area contributed by atoms with Crippen LogP contribution in [0.3, 0.4) is 0 Å². The topological polar surface area (TPSA) is 99.0 Å². The number of hydrogen-bond acceptors (Lipinski definition) is 6. The molecule has 1 heterocycles. The van der Waals surface area contributed by atoms with Gasteiger partial charge in [-0.05, 0) is 39.8 Å². The van der Waals surface area contributed by atoms with Crippen LogP contribution in [0.4, 0.5) is 10.5 Å². The van der Waals surface area contributed by atoms with Gasteiger partial charge < -0.3 is 14.4 Å². The highest BCUT2D eigenvalue weighted by atomic mass is 16.6. The second-order valence-electron chi connectivity index (χ2n) is 6.95. The van der Waals surface area contributed by atoms with Crippen molar-refractivity contribution in [2.75, 3.05) is 6.54 Å². The number of nitro groups is 1. The molecular formula is C17H22N2O6. The van der Waals surface area contributed by atoms with E-state index in [0.717, 1.165) is 0 Å². The number of rotatable bonds is 3. The Hall–Kier alpha value is -2.64. The number of hydrogen-bond donors (Lipinski definition) is 0. The van der Waals surface area contributed by atoms with Crippen LogP contribution in [-0.2, 0) is 9.47 Å². The SMILES string of the molecule is C[C@H]1[C@@H](OC(=O)c2ccc([N+](=O)[O-])cc2)CCN1C(=O)OC(C)(C)C. The third kappa shape index (κ3) is 4.68. The lowest BCUT2D eigenvalue weighted by molar-refractivity contribution is -0.384. The molecule has 0 unspecified atom stereocenters. The van der Waals surface area contributed by atoms with Gasteiger partial charge in [0, 0.05) is 25.1 Å². The summed E-state index contributed by atoms with van der Waals surface area (Å²) in [6.45, 7) is 7.60. The van der Waals surface area contributed by atoms with E-state index in [9.17, 15) is 19.7 Å². The van der Waals surface area contributed by atoms with Crippen LogP contribution in [0, 0.1) is 10.1 Å². The van der Waals surface area contributed by atoms with Gasteiger partial charge in [0.25, 0.3) is 5.69 Å². The van der Waals surface area contributed by atoms with Gasteiger partial charge in [0.2, 0.25) is 0 Å². The lowest BCUT2D eigenvalue weighted by Crippen LogP contribution is -2.41. The molecule has 1 saturated heterocycles. The minimum atomic E-state index is -0.593. The van der Waals surface area contributed by atoms with Crippen LogP contribution in [0.25, 0.3) is 0 Å². The van der Waals surface area contributed by atoms with E-state index in [1.807, 2.05) is 0 Å². The van der Waals surface area contributed by atoms with Gasteiger partial charge in [-0.2, -0.15) is 0 Å². The number of carbonyl (C=O) groups is 2. The Morgan fingerprint density at radius 2 is 1.84 bits per heavy atom. The van der Waals surface area contributed by atoms with Gasteiger partial charge in [-0.3, -0.25) is 10.1 Å². The Bertz CT molecular complexity index is 665. The molecule has 2 rings (SSSR count). The smallest absolute Gasteiger partial charge is 0.410 e. The van der Waals surface area contributed by atoms with Crippen molar-refractivity contribution >= 4 is 17.7 Å². The van der Waals surface area contributed by atoms with Crippen LogP contribution < -0.4 is 0 Å². The van der Waals surface area contributed by atoms with Crippen LogP contribution in [0.1, 0.15) is 44.5 Å². The summed E-state index contributed by atoms with van der Waals surface area (Å²) in [6, 6.07) is 4.90. The van der Waals surface area contributed by atoms with E-state index in [1.54, 1.807) is 32.6 Å². The van der Waals surface area contributed by atoms with Gasteiger partial charge >= 0.3 is 12.1 Å². The van der Waals surface area contributed by atoms with E-state index in [-0.39, 0.29) is 17.3 Å². The van der Waals surface area contributed by atoms with E-state index in [2.05, 4.69) is 0 Å². The summed E-state index contributed by atoms with van der Waals surface area (Å²) in [5, 5.41) is 10.6. The number of nitrogens with zero attached hydrogens (tertiary/aromatic N) is 2. The number of likely N-dealkylation sites (tertiary alicyclic amines) is 1. The van der Waals surface area contributed by atoms with Crippen LogP contribution in [0.5, 0.6) is 0 Å². The highest BCUT2D eigenvalue weighted by Crippen LogP contribution is 2.24. The maximum Gasteiger partial charge on any atom is 0.410 e. The predicted octanol–water partition coefficient (Wildman–Crippen LogP) is 3.15. The number of carbonyl (C=O) groups excluding carboxylic acids is 2. The van der Waals surface area contributed by atoms with Gasteiger partial charge in [-0.1, -0.05) is 0 Å². The number of benzene rings is 1. The minimum absolute atomic E-state index is 0.0955. The summed E-state index contributed by atoms with van der Waals surface area (Å²) in [6.07, 6.45) is -0.372. The van der Waals surface area contributed by atoms with E-state index in [0.29, 0.717) is 13.0 Å². The molecule has 0 aromatic heterocycles. The lowest BCUT2D eigenvalue weighted by Gasteiger charge is -2.28. The molecule has 0 saturated carbocycles. The molecule has 8 nitrogen and oxygen atoms in total. The molecule has 0 N–H and O–H groups in total. The van der Waals surface area contributed by atoms with E-state index in [1.165, 1.54) is 24.3 Å². The van der Waals surface area contributed by atoms with Gasteiger partial charge in [0.15, 0.2) is 0 Å². The van der Waals surface area contributed by atoms with Crippen molar-refractivity contribution in [3.63, 3.8) is 0 Å². The first kappa shape index (κ1) is 18.7. The first-order chi connectivity index (χ1) is 11.6. The Kier molecular flexibility index (Phi) is 5.30. The van der Waals surface area contributed by atoms with Crippen LogP contribution in [0.2, 0.25) is 0 Å². The molecule has 0 bridgehead atoms. The molecule has 25 heavy (non-hydrogen) atoms. The van der Waals surface area contributed by atoms with Crippen molar-refractivity contribution in [1.82, 2.24) is 4.90 Å². The van der Waals surface area contributed by atoms with Crippen molar-refractivity contribution in [2.45, 2.75) is 51.9 Å². The summed E-state index contributed by atoms with van der Waals surface area (Å²) in [5.41, 5.74) is -0.458. The molecule has 1 aromatic rings. The lowest BCUT2D eigenvalue weighted by atomic mass is 10.2. The molecule has 0 radical (unpaired) electrons. The zero-order valence-electron chi connectivity index (χ0n) is 14.7. The number of ether oxygens (including phenoxy) is 2. The molecule has 1 aliphatic rings. The molecule has 1 aromatic carbocycles. The predicted molar refractivity (Wildman–Crippen MR) is 89.3 cm³/mol. The molecule has 1 aliphatic heterocycles. The largest absolute Gasteiger partial charge is 0.457 e. The third-order valence-corrected chi connectivity index (χ3v) is 3.88. The number of non-ortho nitro benzene ring substituents is 1. The van der Waals surface area contributed by atoms with Gasteiger partial charge in [-0.25, -0.2) is 9.59 Å². The van der Waals surface area contributed by atoms with E-state index < -0.39 is 28.7 Å². The van der Waals surface area contributed by atoms with Crippen LogP contribution >= 0.6 is 0 Å². The monoisotopic (exact) mass is 350 g/mol. The van der Waals surface area contributed by atoms with Crippen molar-refractivity contribution in [3.8, 4) is 0 Å². The molecule has 1 amide bonds. The summed E-state index contributed by atoms with van der Waals surface area (Å²) in [7, 11) is 0. The third-order valence-electron chi connectivity index (χ3n) is 3.88. The standard InChI is InChI=1S/C17H22N2O6/c1-11-14(9-10-18(11)16(21)25-17(2,3)4)24-15(20)12-5-7-13(8-6-12)19(22)23/h5-8,11,14H,9-10H2,1-4H3/t11-,14-/m0/s1. The number of esters is 1. The Morgan fingerprint density at radius 1 is 1.24 bits per heavy atom. The quantitative estimate of drug-likeness (QED) is 0.472. The Morgan fingerprint density at radius 3 is 2.36 bits per heavy atom. The maximum atomic E-state index is 12.2. The van der Waals surface area contributed by atoms with Crippen LogP contribution in [-0.4, -0.2) is 46.2 Å². The van der Waals surface area contributed by atoms with E-state index >= 15 is 0 Å². The normalized spacial score (nSPS) is 20.2. The Balaban J connectivity index is 1.98. The first-order valence-corrected chi connectivity index (χ1v) is 8.03. The molecule has 8 heteroatoms. The van der Waals surface area contributed by atoms with E-state index in [4.69, 9.17) is 9.47 Å². The highest BCUT2D eigenvalue weighted by molar-refractivity contribution is 5.89. The van der Waals surface area contributed by atoms with Crippen molar-refractivity contribution < 1.29 is 24.0 Å². The fourth-order valence-electron chi connectivity index (χ4n) is 2.57. The Labute approximate surface area is 145 Å². The average Bonchev–Trinajstić information content (AvgIpc) is 2.87. The molecular weight excluding hydrogens is 328 g/mol. The van der Waals surface area contributed by atoms with Gasteiger partial charge in [0.05, 0.1) is 16.5 Å². The van der Waals surface area contributed by atoms with Crippen LogP contribution in [0.15, 0.2) is 24.3 Å². The fraction of sp³-hybridized carbons (Fsp3) is 0.529. The summed E-state index contributed by atoms with van der Waals surface area (Å²) in [4.78, 5) is 36.0. The van der Waals surface area contributed by atoms with Gasteiger partial charge in [0.1, 0.15) is 11.7 Å². The molecule has 2 atom stereocenters. The zero-order valence-corrected chi connectivity index (χ0v) is 14.7. The molecule has 0 aliphatic carbocycles. The number of nitro benzene ring substituents is 1. The first-order valence-electron chi connectivity index (χ1n) is 8.03.